The van der Waals surface area contributed by atoms with E-state index in [1.165, 1.54) is 18.7 Å². The summed E-state index contributed by atoms with van der Waals surface area (Å²) in [5.74, 6) is 0. The minimum atomic E-state index is -3.46. The van der Waals surface area contributed by atoms with Crippen molar-refractivity contribution < 1.29 is 8.42 Å². The molecule has 1 heterocycles. The molecule has 0 saturated heterocycles. The van der Waals surface area contributed by atoms with E-state index in [0.29, 0.717) is 17.9 Å². The van der Waals surface area contributed by atoms with Crippen LogP contribution in [0.2, 0.25) is 0 Å². The summed E-state index contributed by atoms with van der Waals surface area (Å²) < 4.78 is 26.0. The molecule has 1 aromatic carbocycles. The largest absolute Gasteiger partial charge is 0.397 e. The van der Waals surface area contributed by atoms with E-state index in [1.807, 2.05) is 23.4 Å². The molecule has 0 amide bonds. The van der Waals surface area contributed by atoms with Gasteiger partial charge in [0.05, 0.1) is 16.3 Å². The fraction of sp³-hybridized carbons (Fsp3) is 0.231. The summed E-state index contributed by atoms with van der Waals surface area (Å²) >= 11 is 1.63. The van der Waals surface area contributed by atoms with E-state index in [1.54, 1.807) is 23.5 Å². The lowest BCUT2D eigenvalue weighted by atomic mass is 10.2. The second kappa shape index (κ2) is 5.82. The van der Waals surface area contributed by atoms with Gasteiger partial charge in [-0.1, -0.05) is 0 Å². The first kappa shape index (κ1) is 14.8. The number of hydrogen-bond donors (Lipinski definition) is 2. The molecule has 0 saturated carbocycles. The molecule has 0 bridgehead atoms. The van der Waals surface area contributed by atoms with Gasteiger partial charge in [0.25, 0.3) is 0 Å². The zero-order valence-corrected chi connectivity index (χ0v) is 13.0. The van der Waals surface area contributed by atoms with Crippen LogP contribution in [0.5, 0.6) is 0 Å². The van der Waals surface area contributed by atoms with Gasteiger partial charge in [-0.15, -0.1) is 0 Å². The first-order valence-corrected chi connectivity index (χ1v) is 8.42. The summed E-state index contributed by atoms with van der Waals surface area (Å²) in [6.45, 7) is 0.677. The average Bonchev–Trinajstić information content (AvgIpc) is 2.91. The summed E-state index contributed by atoms with van der Waals surface area (Å²) in [7, 11) is -0.186. The lowest BCUT2D eigenvalue weighted by Gasteiger charge is -2.21. The van der Waals surface area contributed by atoms with E-state index in [-0.39, 0.29) is 4.90 Å². The molecule has 0 unspecified atom stereocenters. The van der Waals surface area contributed by atoms with Crippen molar-refractivity contribution in [2.24, 2.45) is 0 Å². The number of nitrogens with zero attached hydrogens (tertiary/aromatic N) is 1. The van der Waals surface area contributed by atoms with Crippen LogP contribution in [0.4, 0.5) is 11.4 Å². The first-order chi connectivity index (χ1) is 9.44. The van der Waals surface area contributed by atoms with E-state index < -0.39 is 10.0 Å². The third kappa shape index (κ3) is 3.12. The van der Waals surface area contributed by atoms with Gasteiger partial charge in [0.1, 0.15) is 0 Å². The maximum absolute atomic E-state index is 11.8. The van der Waals surface area contributed by atoms with Gasteiger partial charge in [-0.3, -0.25) is 0 Å². The predicted molar refractivity (Wildman–Crippen MR) is 83.5 cm³/mol. The molecule has 5 nitrogen and oxygen atoms in total. The highest BCUT2D eigenvalue weighted by molar-refractivity contribution is 7.89. The number of sulfonamides is 1. The Morgan fingerprint density at radius 3 is 2.70 bits per heavy atom. The van der Waals surface area contributed by atoms with Crippen LogP contribution < -0.4 is 15.4 Å². The molecule has 0 atom stereocenters. The van der Waals surface area contributed by atoms with Crippen molar-refractivity contribution in [2.75, 3.05) is 24.7 Å². The Morgan fingerprint density at radius 2 is 2.10 bits per heavy atom. The van der Waals surface area contributed by atoms with Crippen LogP contribution in [-0.4, -0.2) is 22.5 Å². The number of nitrogen functional groups attached to an aromatic ring is 1. The van der Waals surface area contributed by atoms with Crippen LogP contribution in [0.15, 0.2) is 39.9 Å². The molecule has 0 aliphatic carbocycles. The number of benzene rings is 1. The fourth-order valence-electron chi connectivity index (χ4n) is 1.88. The van der Waals surface area contributed by atoms with Crippen LogP contribution >= 0.6 is 11.3 Å². The summed E-state index contributed by atoms with van der Waals surface area (Å²) in [5, 5.41) is 4.06. The highest BCUT2D eigenvalue weighted by atomic mass is 32.2. The standard InChI is InChI=1S/C13H17N3O2S2/c1-15-20(17,18)11-3-4-12(14)13(7-11)16(2)8-10-5-6-19-9-10/h3-7,9,15H,8,14H2,1-2H3. The molecule has 0 radical (unpaired) electrons. The van der Waals surface area contributed by atoms with Crippen LogP contribution in [0.1, 0.15) is 5.56 Å². The van der Waals surface area contributed by atoms with Crippen LogP contribution in [-0.2, 0) is 16.6 Å². The number of nitrogens with two attached hydrogens (primary N) is 1. The fourth-order valence-corrected chi connectivity index (χ4v) is 3.29. The number of hydrogen-bond acceptors (Lipinski definition) is 5. The van der Waals surface area contributed by atoms with Crippen molar-refractivity contribution in [1.82, 2.24) is 4.72 Å². The molecule has 20 heavy (non-hydrogen) atoms. The van der Waals surface area contributed by atoms with Gasteiger partial charge >= 0.3 is 0 Å². The van der Waals surface area contributed by atoms with Gasteiger partial charge in [-0.2, -0.15) is 11.3 Å². The highest BCUT2D eigenvalue weighted by Crippen LogP contribution is 2.27. The summed E-state index contributed by atoms with van der Waals surface area (Å²) in [5.41, 5.74) is 8.37. The normalized spacial score (nSPS) is 11.5. The molecule has 108 valence electrons. The third-order valence-corrected chi connectivity index (χ3v) is 5.14. The lowest BCUT2D eigenvalue weighted by molar-refractivity contribution is 0.588. The van der Waals surface area contributed by atoms with Crippen molar-refractivity contribution >= 4 is 32.7 Å². The zero-order chi connectivity index (χ0) is 14.8. The van der Waals surface area contributed by atoms with Crippen molar-refractivity contribution in [3.05, 3.63) is 40.6 Å². The number of thiophene rings is 1. The topological polar surface area (TPSA) is 75.4 Å². The Kier molecular flexibility index (Phi) is 4.32. The third-order valence-electron chi connectivity index (χ3n) is 2.99. The van der Waals surface area contributed by atoms with E-state index in [2.05, 4.69) is 10.1 Å². The van der Waals surface area contributed by atoms with Crippen LogP contribution in [0, 0.1) is 0 Å². The minimum Gasteiger partial charge on any atom is -0.397 e. The summed E-state index contributed by atoms with van der Waals surface area (Å²) in [6, 6.07) is 6.74. The zero-order valence-electron chi connectivity index (χ0n) is 11.3. The first-order valence-electron chi connectivity index (χ1n) is 5.99. The van der Waals surface area contributed by atoms with Gasteiger partial charge in [0.2, 0.25) is 10.0 Å². The maximum Gasteiger partial charge on any atom is 0.240 e. The molecule has 1 aromatic heterocycles. The summed E-state index contributed by atoms with van der Waals surface area (Å²) in [4.78, 5) is 2.15. The van der Waals surface area contributed by atoms with E-state index in [4.69, 9.17) is 5.73 Å². The van der Waals surface area contributed by atoms with E-state index in [0.717, 1.165) is 0 Å². The van der Waals surface area contributed by atoms with Crippen LogP contribution in [0.25, 0.3) is 0 Å². The Bertz CT molecular complexity index is 682. The Morgan fingerprint density at radius 1 is 1.35 bits per heavy atom. The maximum atomic E-state index is 11.8. The second-order valence-corrected chi connectivity index (χ2v) is 7.08. The molecule has 0 aliphatic heterocycles. The molecular formula is C13H17N3O2S2. The highest BCUT2D eigenvalue weighted by Gasteiger charge is 2.15. The van der Waals surface area contributed by atoms with Gasteiger partial charge < -0.3 is 10.6 Å². The lowest BCUT2D eigenvalue weighted by Crippen LogP contribution is -2.21. The van der Waals surface area contributed by atoms with Gasteiger partial charge in [-0.25, -0.2) is 13.1 Å². The molecule has 0 fully saturated rings. The van der Waals surface area contributed by atoms with Gasteiger partial charge in [0, 0.05) is 13.6 Å². The molecule has 0 aliphatic rings. The number of anilines is 2. The Labute approximate surface area is 123 Å². The molecule has 7 heteroatoms. The smallest absolute Gasteiger partial charge is 0.240 e. The molecule has 2 aromatic rings. The van der Waals surface area contributed by atoms with Crippen molar-refractivity contribution in [2.45, 2.75) is 11.4 Å². The predicted octanol–water partition coefficient (Wildman–Crippen LogP) is 1.87. The van der Waals surface area contributed by atoms with Gasteiger partial charge in [0.15, 0.2) is 0 Å². The molecule has 0 spiro atoms. The second-order valence-electron chi connectivity index (χ2n) is 4.42. The Hall–Kier alpha value is -1.57. The minimum absolute atomic E-state index is 0.210. The molecular weight excluding hydrogens is 294 g/mol. The van der Waals surface area contributed by atoms with Crippen molar-refractivity contribution in [3.8, 4) is 0 Å². The van der Waals surface area contributed by atoms with E-state index >= 15 is 0 Å². The molecule has 2 rings (SSSR count). The number of nitrogens with one attached hydrogen (secondary N) is 1. The number of rotatable bonds is 5. The van der Waals surface area contributed by atoms with Crippen molar-refractivity contribution in [1.29, 1.82) is 0 Å². The van der Waals surface area contributed by atoms with E-state index in [9.17, 15) is 8.42 Å². The monoisotopic (exact) mass is 311 g/mol. The average molecular weight is 311 g/mol. The Balaban J connectivity index is 2.33. The SMILES string of the molecule is CNS(=O)(=O)c1ccc(N)c(N(C)Cc2ccsc2)c1. The summed E-state index contributed by atoms with van der Waals surface area (Å²) in [6.07, 6.45) is 0. The quantitative estimate of drug-likeness (QED) is 0.827. The van der Waals surface area contributed by atoms with Crippen LogP contribution in [0.3, 0.4) is 0 Å². The molecule has 3 N–H and O–H groups in total. The van der Waals surface area contributed by atoms with Gasteiger partial charge in [-0.05, 0) is 47.6 Å². The van der Waals surface area contributed by atoms with Crippen molar-refractivity contribution in [3.63, 3.8) is 0 Å².